The lowest BCUT2D eigenvalue weighted by molar-refractivity contribution is -0.121. The van der Waals surface area contributed by atoms with Crippen molar-refractivity contribution in [1.82, 2.24) is 5.32 Å². The average molecular weight is 278 g/mol. The first-order chi connectivity index (χ1) is 9.72. The standard InChI is InChI=1S/C15H22N2O3/c1-19-14-10-11(6-8-16)2-5-13(14)20-9-7-15(18)17-12-3-4-12/h2,5,10,12H,3-4,6-9,16H2,1H3,(H,17,18). The Morgan fingerprint density at radius 2 is 2.20 bits per heavy atom. The van der Waals surface area contributed by atoms with Gasteiger partial charge in [0.25, 0.3) is 0 Å². The average Bonchev–Trinajstić information content (AvgIpc) is 3.24. The van der Waals surface area contributed by atoms with Crippen molar-refractivity contribution in [2.75, 3.05) is 20.3 Å². The zero-order chi connectivity index (χ0) is 14.4. The summed E-state index contributed by atoms with van der Waals surface area (Å²) in [7, 11) is 1.61. The molecule has 3 N–H and O–H groups in total. The normalized spacial score (nSPS) is 13.9. The lowest BCUT2D eigenvalue weighted by atomic mass is 10.1. The first kappa shape index (κ1) is 14.7. The lowest BCUT2D eigenvalue weighted by Crippen LogP contribution is -2.26. The summed E-state index contributed by atoms with van der Waals surface area (Å²) in [6.45, 7) is 0.954. The number of carbonyl (C=O) groups is 1. The Kier molecular flexibility index (Phi) is 5.24. The van der Waals surface area contributed by atoms with Crippen LogP contribution in [0.2, 0.25) is 0 Å². The van der Waals surface area contributed by atoms with Crippen LogP contribution in [0.5, 0.6) is 11.5 Å². The fourth-order valence-corrected chi connectivity index (χ4v) is 1.93. The highest BCUT2D eigenvalue weighted by Crippen LogP contribution is 2.28. The first-order valence-corrected chi connectivity index (χ1v) is 7.02. The maximum Gasteiger partial charge on any atom is 0.223 e. The molecular formula is C15H22N2O3. The second-order valence-corrected chi connectivity index (χ2v) is 4.96. The van der Waals surface area contributed by atoms with Crippen LogP contribution in [0.1, 0.15) is 24.8 Å². The quantitative estimate of drug-likeness (QED) is 0.750. The van der Waals surface area contributed by atoms with Gasteiger partial charge in [-0.2, -0.15) is 0 Å². The van der Waals surface area contributed by atoms with Crippen LogP contribution in [0.15, 0.2) is 18.2 Å². The molecule has 5 nitrogen and oxygen atoms in total. The Balaban J connectivity index is 1.82. The molecule has 1 aromatic rings. The highest BCUT2D eigenvalue weighted by Gasteiger charge is 2.22. The first-order valence-electron chi connectivity index (χ1n) is 7.02. The zero-order valence-corrected chi connectivity index (χ0v) is 11.9. The fraction of sp³-hybridized carbons (Fsp3) is 0.533. The van der Waals surface area contributed by atoms with E-state index in [2.05, 4.69) is 5.32 Å². The minimum Gasteiger partial charge on any atom is -0.493 e. The van der Waals surface area contributed by atoms with Crippen molar-refractivity contribution >= 4 is 5.91 Å². The molecule has 0 saturated heterocycles. The van der Waals surface area contributed by atoms with E-state index < -0.39 is 0 Å². The van der Waals surface area contributed by atoms with Crippen molar-refractivity contribution in [1.29, 1.82) is 0 Å². The predicted octanol–water partition coefficient (Wildman–Crippen LogP) is 1.24. The van der Waals surface area contributed by atoms with Crippen LogP contribution in [0.4, 0.5) is 0 Å². The second kappa shape index (κ2) is 7.14. The largest absolute Gasteiger partial charge is 0.493 e. The van der Waals surface area contributed by atoms with Gasteiger partial charge in [0, 0.05) is 6.04 Å². The molecule has 1 saturated carbocycles. The fourth-order valence-electron chi connectivity index (χ4n) is 1.93. The summed E-state index contributed by atoms with van der Waals surface area (Å²) in [4.78, 5) is 11.5. The topological polar surface area (TPSA) is 73.6 Å². The Labute approximate surface area is 119 Å². The SMILES string of the molecule is COc1cc(CCN)ccc1OCCC(=O)NC1CC1. The summed E-state index contributed by atoms with van der Waals surface area (Å²) in [6, 6.07) is 6.15. The van der Waals surface area contributed by atoms with Gasteiger partial charge in [0.2, 0.25) is 5.91 Å². The lowest BCUT2D eigenvalue weighted by Gasteiger charge is -2.12. The smallest absolute Gasteiger partial charge is 0.223 e. The Bertz CT molecular complexity index is 458. The summed E-state index contributed by atoms with van der Waals surface area (Å²) in [5.74, 6) is 1.39. The van der Waals surface area contributed by atoms with E-state index in [1.165, 1.54) is 0 Å². The second-order valence-electron chi connectivity index (χ2n) is 4.96. The molecule has 0 heterocycles. The van der Waals surface area contributed by atoms with Gasteiger partial charge in [0.1, 0.15) is 0 Å². The number of rotatable bonds is 8. The zero-order valence-electron chi connectivity index (χ0n) is 11.9. The van der Waals surface area contributed by atoms with E-state index >= 15 is 0 Å². The van der Waals surface area contributed by atoms with Gasteiger partial charge in [0.15, 0.2) is 11.5 Å². The molecule has 0 radical (unpaired) electrons. The van der Waals surface area contributed by atoms with Gasteiger partial charge in [-0.3, -0.25) is 4.79 Å². The summed E-state index contributed by atoms with van der Waals surface area (Å²) >= 11 is 0. The minimum absolute atomic E-state index is 0.0474. The van der Waals surface area contributed by atoms with Crippen LogP contribution in [0.3, 0.4) is 0 Å². The third-order valence-electron chi connectivity index (χ3n) is 3.19. The van der Waals surface area contributed by atoms with Crippen LogP contribution in [-0.2, 0) is 11.2 Å². The molecule has 1 aromatic carbocycles. The van der Waals surface area contributed by atoms with Gasteiger partial charge in [-0.25, -0.2) is 0 Å². The van der Waals surface area contributed by atoms with E-state index in [0.717, 1.165) is 24.8 Å². The van der Waals surface area contributed by atoms with Crippen molar-refractivity contribution < 1.29 is 14.3 Å². The number of amides is 1. The molecule has 20 heavy (non-hydrogen) atoms. The number of nitrogens with one attached hydrogen (secondary N) is 1. The van der Waals surface area contributed by atoms with Crippen molar-refractivity contribution in [2.24, 2.45) is 5.73 Å². The summed E-state index contributed by atoms with van der Waals surface area (Å²) < 4.78 is 10.9. The highest BCUT2D eigenvalue weighted by atomic mass is 16.5. The number of carbonyl (C=O) groups excluding carboxylic acids is 1. The van der Waals surface area contributed by atoms with E-state index in [1.54, 1.807) is 7.11 Å². The van der Waals surface area contributed by atoms with E-state index in [4.69, 9.17) is 15.2 Å². The van der Waals surface area contributed by atoms with E-state index in [-0.39, 0.29) is 5.91 Å². The van der Waals surface area contributed by atoms with Crippen LogP contribution >= 0.6 is 0 Å². The van der Waals surface area contributed by atoms with E-state index in [1.807, 2.05) is 18.2 Å². The Morgan fingerprint density at radius 1 is 1.40 bits per heavy atom. The van der Waals surface area contributed by atoms with Gasteiger partial charge in [0.05, 0.1) is 20.1 Å². The maximum atomic E-state index is 11.5. The maximum absolute atomic E-state index is 11.5. The molecule has 1 amide bonds. The Morgan fingerprint density at radius 3 is 2.85 bits per heavy atom. The van der Waals surface area contributed by atoms with Gasteiger partial charge in [-0.15, -0.1) is 0 Å². The Hall–Kier alpha value is -1.75. The highest BCUT2D eigenvalue weighted by molar-refractivity contribution is 5.76. The van der Waals surface area contributed by atoms with E-state index in [0.29, 0.717) is 37.1 Å². The molecule has 110 valence electrons. The molecular weight excluding hydrogens is 256 g/mol. The molecule has 0 aliphatic heterocycles. The summed E-state index contributed by atoms with van der Waals surface area (Å²) in [5.41, 5.74) is 6.65. The van der Waals surface area contributed by atoms with Crippen LogP contribution < -0.4 is 20.5 Å². The molecule has 0 bridgehead atoms. The van der Waals surface area contributed by atoms with Crippen molar-refractivity contribution in [2.45, 2.75) is 31.7 Å². The number of ether oxygens (including phenoxy) is 2. The predicted molar refractivity (Wildman–Crippen MR) is 77.0 cm³/mol. The van der Waals surface area contributed by atoms with Crippen molar-refractivity contribution in [3.63, 3.8) is 0 Å². The minimum atomic E-state index is 0.0474. The van der Waals surface area contributed by atoms with Gasteiger partial charge in [-0.05, 0) is 43.5 Å². The summed E-state index contributed by atoms with van der Waals surface area (Å²) in [5, 5.41) is 2.93. The van der Waals surface area contributed by atoms with E-state index in [9.17, 15) is 4.79 Å². The molecule has 0 aromatic heterocycles. The number of nitrogens with two attached hydrogens (primary N) is 1. The third-order valence-corrected chi connectivity index (χ3v) is 3.19. The van der Waals surface area contributed by atoms with Gasteiger partial charge in [-0.1, -0.05) is 6.07 Å². The summed E-state index contributed by atoms with van der Waals surface area (Å²) in [6.07, 6.45) is 3.37. The number of hydrogen-bond acceptors (Lipinski definition) is 4. The molecule has 0 atom stereocenters. The molecule has 0 unspecified atom stereocenters. The third kappa shape index (κ3) is 4.42. The van der Waals surface area contributed by atoms with Crippen molar-refractivity contribution in [3.05, 3.63) is 23.8 Å². The molecule has 1 aliphatic carbocycles. The molecule has 2 rings (SSSR count). The number of hydrogen-bond donors (Lipinski definition) is 2. The van der Waals surface area contributed by atoms with Gasteiger partial charge < -0.3 is 20.5 Å². The molecule has 5 heteroatoms. The van der Waals surface area contributed by atoms with Crippen LogP contribution in [0.25, 0.3) is 0 Å². The molecule has 1 fully saturated rings. The molecule has 0 spiro atoms. The monoisotopic (exact) mass is 278 g/mol. The molecule has 1 aliphatic rings. The van der Waals surface area contributed by atoms with Crippen molar-refractivity contribution in [3.8, 4) is 11.5 Å². The van der Waals surface area contributed by atoms with Gasteiger partial charge >= 0.3 is 0 Å². The van der Waals surface area contributed by atoms with Crippen LogP contribution in [-0.4, -0.2) is 32.2 Å². The van der Waals surface area contributed by atoms with Crippen LogP contribution in [0, 0.1) is 0 Å². The number of methoxy groups -OCH3 is 1. The number of benzene rings is 1.